The molecule has 1 atom stereocenters. The van der Waals surface area contributed by atoms with Crippen LogP contribution in [0.5, 0.6) is 0 Å². The van der Waals surface area contributed by atoms with Crippen LogP contribution >= 0.6 is 52.0 Å². The van der Waals surface area contributed by atoms with E-state index in [0.29, 0.717) is 34.8 Å². The number of hydrogen-bond acceptors (Lipinski definition) is 6. The number of thioether (sulfide) groups is 1. The second-order valence-electron chi connectivity index (χ2n) is 4.41. The van der Waals surface area contributed by atoms with Crippen molar-refractivity contribution in [2.75, 3.05) is 24.0 Å². The van der Waals surface area contributed by atoms with E-state index in [9.17, 15) is 4.79 Å². The van der Waals surface area contributed by atoms with Crippen LogP contribution in [0.2, 0.25) is 10.0 Å². The molecule has 2 rings (SSSR count). The molecule has 23 heavy (non-hydrogen) atoms. The molecule has 0 saturated carbocycles. The lowest BCUT2D eigenvalue weighted by Gasteiger charge is -2.22. The first kappa shape index (κ1) is 19.9. The topological polar surface area (TPSA) is 38.8 Å². The highest BCUT2D eigenvalue weighted by molar-refractivity contribution is 8.70. The van der Waals surface area contributed by atoms with E-state index < -0.39 is 5.69 Å². The van der Waals surface area contributed by atoms with Crippen LogP contribution in [0, 0.1) is 0 Å². The molecule has 1 amide bonds. The SMILES string of the molecule is CCOP(=S)(OCC)SC1SCN(c2cc(Cl)cc(Cl)c2)C1=O. The van der Waals surface area contributed by atoms with Crippen LogP contribution in [0.4, 0.5) is 5.69 Å². The van der Waals surface area contributed by atoms with Gasteiger partial charge in [0.05, 0.1) is 19.1 Å². The molecular weight excluding hydrogens is 416 g/mol. The summed E-state index contributed by atoms with van der Waals surface area (Å²) in [4.78, 5) is 14.3. The van der Waals surface area contributed by atoms with Crippen molar-refractivity contribution in [3.05, 3.63) is 28.2 Å². The molecule has 1 saturated heterocycles. The van der Waals surface area contributed by atoms with Gasteiger partial charge in [0, 0.05) is 15.7 Å². The molecule has 1 aromatic carbocycles. The Morgan fingerprint density at radius 1 is 1.30 bits per heavy atom. The Morgan fingerprint density at radius 2 is 1.87 bits per heavy atom. The van der Waals surface area contributed by atoms with Gasteiger partial charge in [0.15, 0.2) is 0 Å². The molecule has 1 heterocycles. The highest BCUT2D eigenvalue weighted by Crippen LogP contribution is 2.65. The monoisotopic (exact) mass is 431 g/mol. The summed E-state index contributed by atoms with van der Waals surface area (Å²) in [6.07, 6.45) is 0. The zero-order valence-corrected chi connectivity index (χ0v) is 17.4. The molecule has 0 radical (unpaired) electrons. The fourth-order valence-corrected chi connectivity index (χ4v) is 10.4. The van der Waals surface area contributed by atoms with Gasteiger partial charge in [-0.3, -0.25) is 4.79 Å². The van der Waals surface area contributed by atoms with Crippen LogP contribution in [-0.2, 0) is 25.6 Å². The lowest BCUT2D eigenvalue weighted by atomic mass is 10.3. The minimum Gasteiger partial charge on any atom is -0.322 e. The highest BCUT2D eigenvalue weighted by atomic mass is 35.5. The Balaban J connectivity index is 2.13. The third-order valence-electron chi connectivity index (χ3n) is 2.78. The van der Waals surface area contributed by atoms with E-state index in [1.165, 1.54) is 23.1 Å². The minimum absolute atomic E-state index is 0.0491. The third-order valence-corrected chi connectivity index (χ3v) is 10.5. The van der Waals surface area contributed by atoms with E-state index in [1.54, 1.807) is 23.1 Å². The maximum Gasteiger partial charge on any atom is 0.251 e. The summed E-state index contributed by atoms with van der Waals surface area (Å²) >= 11 is 20.3. The number of rotatable bonds is 7. The Hall–Kier alpha value is 0.540. The van der Waals surface area contributed by atoms with Crippen molar-refractivity contribution in [1.29, 1.82) is 0 Å². The maximum absolute atomic E-state index is 12.7. The molecule has 1 fully saturated rings. The number of benzene rings is 1. The van der Waals surface area contributed by atoms with Gasteiger partial charge >= 0.3 is 0 Å². The van der Waals surface area contributed by atoms with Crippen molar-refractivity contribution in [3.63, 3.8) is 0 Å². The normalized spacial score (nSPS) is 18.7. The molecule has 0 bridgehead atoms. The third kappa shape index (κ3) is 5.25. The van der Waals surface area contributed by atoms with Gasteiger partial charge in [-0.15, -0.1) is 11.8 Å². The first-order valence-electron chi connectivity index (χ1n) is 6.85. The summed E-state index contributed by atoms with van der Waals surface area (Å²) in [5.74, 6) is 0.466. The molecule has 128 valence electrons. The van der Waals surface area contributed by atoms with Crippen LogP contribution in [0.15, 0.2) is 18.2 Å². The Bertz CT molecular complexity index is 604. The predicted molar refractivity (Wildman–Crippen MR) is 105 cm³/mol. The van der Waals surface area contributed by atoms with E-state index in [1.807, 2.05) is 13.8 Å². The van der Waals surface area contributed by atoms with Crippen molar-refractivity contribution in [3.8, 4) is 0 Å². The van der Waals surface area contributed by atoms with Crippen molar-refractivity contribution in [2.45, 2.75) is 18.4 Å². The maximum atomic E-state index is 12.7. The van der Waals surface area contributed by atoms with Crippen LogP contribution in [0.1, 0.15) is 13.8 Å². The summed E-state index contributed by atoms with van der Waals surface area (Å²) in [5.41, 5.74) is -1.83. The Labute approximate surface area is 159 Å². The first-order valence-corrected chi connectivity index (χ1v) is 12.8. The number of carbonyl (C=O) groups is 1. The Kier molecular flexibility index (Phi) is 7.57. The van der Waals surface area contributed by atoms with Gasteiger partial charge < -0.3 is 13.9 Å². The van der Waals surface area contributed by atoms with Gasteiger partial charge in [0.2, 0.25) is 5.69 Å². The van der Waals surface area contributed by atoms with Gasteiger partial charge in [-0.05, 0) is 55.2 Å². The Morgan fingerprint density at radius 3 is 2.39 bits per heavy atom. The average molecular weight is 432 g/mol. The van der Waals surface area contributed by atoms with Crippen LogP contribution < -0.4 is 4.90 Å². The van der Waals surface area contributed by atoms with E-state index in [-0.39, 0.29) is 10.5 Å². The fourth-order valence-electron chi connectivity index (χ4n) is 1.91. The summed E-state index contributed by atoms with van der Waals surface area (Å²) in [5, 5.41) is 0.991. The zero-order valence-electron chi connectivity index (χ0n) is 12.5. The number of carbonyl (C=O) groups excluding carboxylic acids is 1. The summed E-state index contributed by atoms with van der Waals surface area (Å²) in [6, 6.07) is 5.08. The number of anilines is 1. The molecule has 0 aliphatic carbocycles. The van der Waals surface area contributed by atoms with E-state index in [4.69, 9.17) is 44.1 Å². The molecule has 0 N–H and O–H groups in total. The second-order valence-corrected chi connectivity index (χ2v) is 12.9. The first-order chi connectivity index (χ1) is 10.9. The van der Waals surface area contributed by atoms with E-state index in [0.717, 1.165) is 0 Å². The molecule has 1 aliphatic heterocycles. The number of halogens is 2. The smallest absolute Gasteiger partial charge is 0.251 e. The highest BCUT2D eigenvalue weighted by Gasteiger charge is 2.38. The molecule has 0 aromatic heterocycles. The van der Waals surface area contributed by atoms with Gasteiger partial charge in [0.25, 0.3) is 5.91 Å². The molecule has 4 nitrogen and oxygen atoms in total. The summed E-state index contributed by atoms with van der Waals surface area (Å²) < 4.78 is 10.8. The second kappa shape index (κ2) is 8.77. The average Bonchev–Trinajstić information content (AvgIpc) is 2.79. The number of amides is 1. The quantitative estimate of drug-likeness (QED) is 0.538. The van der Waals surface area contributed by atoms with Crippen molar-refractivity contribution >= 4 is 75.4 Å². The van der Waals surface area contributed by atoms with Gasteiger partial charge in [-0.25, -0.2) is 0 Å². The van der Waals surface area contributed by atoms with Crippen molar-refractivity contribution in [2.24, 2.45) is 0 Å². The van der Waals surface area contributed by atoms with E-state index in [2.05, 4.69) is 0 Å². The minimum atomic E-state index is -2.51. The van der Waals surface area contributed by atoms with Crippen LogP contribution in [-0.4, -0.2) is 29.6 Å². The van der Waals surface area contributed by atoms with Gasteiger partial charge in [-0.2, -0.15) is 0 Å². The molecular formula is C13H16Cl2NO3PS3. The molecule has 1 aromatic rings. The molecule has 1 aliphatic rings. The zero-order chi connectivity index (χ0) is 17.0. The molecule has 1 unspecified atom stereocenters. The van der Waals surface area contributed by atoms with E-state index >= 15 is 0 Å². The van der Waals surface area contributed by atoms with Gasteiger partial charge in [-0.1, -0.05) is 23.2 Å². The fraction of sp³-hybridized carbons (Fsp3) is 0.462. The van der Waals surface area contributed by atoms with Crippen LogP contribution in [0.25, 0.3) is 0 Å². The summed E-state index contributed by atoms with van der Waals surface area (Å²) in [6.45, 7) is 4.65. The lowest BCUT2D eigenvalue weighted by Crippen LogP contribution is -2.28. The van der Waals surface area contributed by atoms with Crippen molar-refractivity contribution < 1.29 is 13.8 Å². The van der Waals surface area contributed by atoms with Crippen LogP contribution in [0.3, 0.4) is 0 Å². The molecule has 0 spiro atoms. The lowest BCUT2D eigenvalue weighted by molar-refractivity contribution is -0.116. The largest absolute Gasteiger partial charge is 0.322 e. The number of nitrogens with zero attached hydrogens (tertiary/aromatic N) is 1. The molecule has 10 heteroatoms. The van der Waals surface area contributed by atoms with Gasteiger partial charge in [0.1, 0.15) is 4.58 Å². The standard InChI is InChI=1S/C13H16Cl2NO3PS3/c1-3-18-20(21,19-4-2)23-13-12(17)16(8-22-13)11-6-9(14)5-10(15)7-11/h5-7,13H,3-4,8H2,1-2H3. The predicted octanol–water partition coefficient (Wildman–Crippen LogP) is 5.39. The number of hydrogen-bond donors (Lipinski definition) is 0. The summed E-state index contributed by atoms with van der Waals surface area (Å²) in [7, 11) is 0. The van der Waals surface area contributed by atoms with Crippen molar-refractivity contribution in [1.82, 2.24) is 0 Å².